The first-order valence-corrected chi connectivity index (χ1v) is 8.85. The molecule has 3 rings (SSSR count). The Morgan fingerprint density at radius 2 is 1.60 bits per heavy atom. The normalized spacial score (nSPS) is 11.6. The van der Waals surface area contributed by atoms with Gasteiger partial charge in [-0.3, -0.25) is 0 Å². The Labute approximate surface area is 160 Å². The maximum absolute atomic E-state index is 13.1. The monoisotopic (exact) mass is 410 g/mol. The number of anilines is 1. The zero-order valence-corrected chi connectivity index (χ0v) is 15.6. The van der Waals surface area contributed by atoms with Crippen LogP contribution in [-0.2, 0) is 0 Å². The van der Waals surface area contributed by atoms with Gasteiger partial charge in [-0.2, -0.15) is 4.57 Å². The second-order valence-electron chi connectivity index (χ2n) is 5.29. The molecule has 0 aliphatic carbocycles. The summed E-state index contributed by atoms with van der Waals surface area (Å²) in [6, 6.07) is 22.5. The van der Waals surface area contributed by atoms with Gasteiger partial charge in [-0.15, -0.1) is 0 Å². The molecular weight excluding hydrogens is 396 g/mol. The van der Waals surface area contributed by atoms with Crippen LogP contribution in [0.1, 0.15) is 5.56 Å². The molecule has 3 aromatic rings. The minimum Gasteiger partial charge on any atom is -0.867 e. The van der Waals surface area contributed by atoms with E-state index >= 15 is 0 Å². The number of rotatable bonds is 4. The van der Waals surface area contributed by atoms with Crippen LogP contribution in [0.15, 0.2) is 89.7 Å². The highest BCUT2D eigenvalue weighted by Crippen LogP contribution is 2.20. The quantitative estimate of drug-likeness (QED) is 0.307. The summed E-state index contributed by atoms with van der Waals surface area (Å²) in [5.74, 6) is -0.147. The number of nitrogens with zero attached hydrogens (tertiary/aromatic N) is 1. The lowest BCUT2D eigenvalue weighted by atomic mass is 10.1. The van der Waals surface area contributed by atoms with E-state index in [2.05, 4.69) is 21.2 Å². The molecule has 0 amide bonds. The first-order valence-electron chi connectivity index (χ1n) is 7.65. The number of para-hydroxylation sites is 1. The number of hydrogen-bond donors (Lipinski definition) is 1. The molecule has 0 spiro atoms. The molecule has 0 aliphatic heterocycles. The van der Waals surface area contributed by atoms with Crippen LogP contribution in [0, 0.1) is 0 Å². The van der Waals surface area contributed by atoms with E-state index in [0.717, 1.165) is 10.2 Å². The van der Waals surface area contributed by atoms with Gasteiger partial charge in [0.05, 0.1) is 0 Å². The van der Waals surface area contributed by atoms with Crippen molar-refractivity contribution in [3.63, 3.8) is 0 Å². The Morgan fingerprint density at radius 1 is 0.920 bits per heavy atom. The average Bonchev–Trinajstić information content (AvgIpc) is 2.63. The molecule has 1 N–H and O–H groups in total. The molecule has 0 aliphatic rings. The summed E-state index contributed by atoms with van der Waals surface area (Å²) < 4.78 is 2.58. The minimum atomic E-state index is -0.147. The van der Waals surface area contributed by atoms with Crippen molar-refractivity contribution in [2.75, 3.05) is 5.32 Å². The Kier molecular flexibility index (Phi) is 5.58. The van der Waals surface area contributed by atoms with Gasteiger partial charge in [0.2, 0.25) is 5.70 Å². The van der Waals surface area contributed by atoms with Crippen molar-refractivity contribution in [1.82, 2.24) is 0 Å². The smallest absolute Gasteiger partial charge is 0.238 e. The van der Waals surface area contributed by atoms with Crippen molar-refractivity contribution in [1.29, 1.82) is 0 Å². The van der Waals surface area contributed by atoms with Crippen LogP contribution in [0.3, 0.4) is 0 Å². The summed E-state index contributed by atoms with van der Waals surface area (Å²) in [4.78, 5) is 0.368. The zero-order valence-electron chi connectivity index (χ0n) is 13.2. The lowest BCUT2D eigenvalue weighted by Gasteiger charge is -2.17. The molecule has 5 heteroatoms. The van der Waals surface area contributed by atoms with E-state index in [1.54, 1.807) is 16.7 Å². The summed E-state index contributed by atoms with van der Waals surface area (Å²) in [7, 11) is 0. The fourth-order valence-electron chi connectivity index (χ4n) is 2.36. The van der Waals surface area contributed by atoms with Crippen LogP contribution >= 0.6 is 28.1 Å². The Bertz CT molecular complexity index is 911. The highest BCUT2D eigenvalue weighted by molar-refractivity contribution is 9.10. The van der Waals surface area contributed by atoms with E-state index in [0.29, 0.717) is 16.2 Å². The van der Waals surface area contributed by atoms with Crippen LogP contribution in [0.4, 0.5) is 5.69 Å². The lowest BCUT2D eigenvalue weighted by molar-refractivity contribution is -0.577. The van der Waals surface area contributed by atoms with Crippen LogP contribution in [0.25, 0.3) is 11.5 Å². The SMILES string of the molecule is [O-]C(=C(C(=S)Nc1ccccc1)[n+]1ccccc1)c1cccc(Br)c1. The van der Waals surface area contributed by atoms with E-state index in [1.165, 1.54) is 0 Å². The van der Waals surface area contributed by atoms with Crippen molar-refractivity contribution in [3.05, 3.63) is 95.2 Å². The highest BCUT2D eigenvalue weighted by Gasteiger charge is 2.18. The second-order valence-corrected chi connectivity index (χ2v) is 6.61. The van der Waals surface area contributed by atoms with Crippen molar-refractivity contribution in [2.24, 2.45) is 0 Å². The van der Waals surface area contributed by atoms with Gasteiger partial charge in [0.15, 0.2) is 17.4 Å². The third-order valence-electron chi connectivity index (χ3n) is 3.52. The summed E-state index contributed by atoms with van der Waals surface area (Å²) in [6.45, 7) is 0. The predicted octanol–water partition coefficient (Wildman–Crippen LogP) is 3.86. The molecule has 2 aromatic carbocycles. The van der Waals surface area contributed by atoms with Crippen molar-refractivity contribution in [2.45, 2.75) is 0 Å². The molecule has 0 saturated heterocycles. The summed E-state index contributed by atoms with van der Waals surface area (Å²) in [6.07, 6.45) is 3.62. The first-order chi connectivity index (χ1) is 12.1. The number of benzene rings is 2. The van der Waals surface area contributed by atoms with Gasteiger partial charge >= 0.3 is 0 Å². The number of halogens is 1. The topological polar surface area (TPSA) is 39.0 Å². The van der Waals surface area contributed by atoms with E-state index in [1.807, 2.05) is 73.1 Å². The molecule has 0 bridgehead atoms. The third-order valence-corrected chi connectivity index (χ3v) is 4.31. The van der Waals surface area contributed by atoms with Crippen LogP contribution in [0.5, 0.6) is 0 Å². The Hall–Kier alpha value is -2.50. The first kappa shape index (κ1) is 17.3. The van der Waals surface area contributed by atoms with Crippen LogP contribution < -0.4 is 15.0 Å². The molecule has 1 aromatic heterocycles. The van der Waals surface area contributed by atoms with Crippen molar-refractivity contribution < 1.29 is 9.67 Å². The van der Waals surface area contributed by atoms with Gasteiger partial charge in [0, 0.05) is 22.3 Å². The number of aromatic nitrogens is 1. The van der Waals surface area contributed by atoms with Gasteiger partial charge in [-0.1, -0.05) is 64.5 Å². The molecule has 0 radical (unpaired) electrons. The fraction of sp³-hybridized carbons (Fsp3) is 0. The number of thiocarbonyl (C=S) groups is 1. The lowest BCUT2D eigenvalue weighted by Crippen LogP contribution is -2.39. The van der Waals surface area contributed by atoms with Gasteiger partial charge in [0.1, 0.15) is 0 Å². The van der Waals surface area contributed by atoms with E-state index in [9.17, 15) is 5.11 Å². The van der Waals surface area contributed by atoms with Gasteiger partial charge < -0.3 is 10.4 Å². The largest absolute Gasteiger partial charge is 0.867 e. The maximum Gasteiger partial charge on any atom is 0.238 e. The number of pyridine rings is 1. The standard InChI is InChI=1S/C20H15BrN2OS/c21-16-9-7-8-15(14-16)19(24)18(23-12-5-2-6-13-23)20(25)22-17-10-3-1-4-11-17/h1-14H,(H-,22,24,25). The average molecular weight is 411 g/mol. The number of hydrogen-bond acceptors (Lipinski definition) is 2. The van der Waals surface area contributed by atoms with Crippen LogP contribution in [0.2, 0.25) is 0 Å². The molecule has 0 fully saturated rings. The fourth-order valence-corrected chi connectivity index (χ4v) is 3.08. The molecule has 0 saturated carbocycles. The highest BCUT2D eigenvalue weighted by atomic mass is 79.9. The number of nitrogens with one attached hydrogen (secondary N) is 1. The summed E-state index contributed by atoms with van der Waals surface area (Å²) in [5.41, 5.74) is 1.80. The van der Waals surface area contributed by atoms with Crippen molar-refractivity contribution in [3.8, 4) is 0 Å². The van der Waals surface area contributed by atoms with Crippen molar-refractivity contribution >= 4 is 50.3 Å². The summed E-state index contributed by atoms with van der Waals surface area (Å²) >= 11 is 8.96. The summed E-state index contributed by atoms with van der Waals surface area (Å²) in [5, 5.41) is 16.3. The Balaban J connectivity index is 2.07. The molecule has 124 valence electrons. The van der Waals surface area contributed by atoms with Gasteiger partial charge in [0.25, 0.3) is 0 Å². The Morgan fingerprint density at radius 3 is 2.28 bits per heavy atom. The second kappa shape index (κ2) is 8.05. The maximum atomic E-state index is 13.1. The zero-order chi connectivity index (χ0) is 17.6. The van der Waals surface area contributed by atoms with E-state index < -0.39 is 0 Å². The third kappa shape index (κ3) is 4.32. The van der Waals surface area contributed by atoms with E-state index in [-0.39, 0.29) is 5.76 Å². The van der Waals surface area contributed by atoms with E-state index in [4.69, 9.17) is 12.2 Å². The molecule has 0 atom stereocenters. The predicted molar refractivity (Wildman–Crippen MR) is 107 cm³/mol. The molecular formula is C20H15BrN2OS. The molecule has 1 heterocycles. The van der Waals surface area contributed by atoms with Gasteiger partial charge in [-0.05, 0) is 35.6 Å². The minimum absolute atomic E-state index is 0.147. The molecule has 0 unspecified atom stereocenters. The molecule has 25 heavy (non-hydrogen) atoms. The molecule has 3 nitrogen and oxygen atoms in total. The van der Waals surface area contributed by atoms with Gasteiger partial charge in [-0.25, -0.2) is 0 Å². The van der Waals surface area contributed by atoms with Crippen LogP contribution in [-0.4, -0.2) is 4.99 Å².